The maximum atomic E-state index is 11.0. The molecule has 0 bridgehead atoms. The smallest absolute Gasteiger partial charge is 0.166 e. The van der Waals surface area contributed by atoms with Gasteiger partial charge < -0.3 is 0 Å². The summed E-state index contributed by atoms with van der Waals surface area (Å²) in [7, 11) is 0. The van der Waals surface area contributed by atoms with Crippen molar-refractivity contribution in [3.63, 3.8) is 0 Å². The number of aromatic nitrogens is 3. The normalized spacial score (nSPS) is 17.0. The molecule has 3 rings (SSSR count). The number of hydrogen-bond donors (Lipinski definition) is 0. The van der Waals surface area contributed by atoms with E-state index < -0.39 is 0 Å². The predicted octanol–water partition coefficient (Wildman–Crippen LogP) is 2.20. The average molecular weight is 215 g/mol. The summed E-state index contributed by atoms with van der Waals surface area (Å²) in [5.74, 6) is 1.42. The second kappa shape index (κ2) is 3.70. The molecule has 0 aromatic carbocycles. The Morgan fingerprint density at radius 2 is 2.06 bits per heavy atom. The zero-order valence-corrected chi connectivity index (χ0v) is 8.97. The molecule has 4 heteroatoms. The molecule has 2 heterocycles. The zero-order chi connectivity index (χ0) is 11.0. The van der Waals surface area contributed by atoms with E-state index in [-0.39, 0.29) is 0 Å². The highest BCUT2D eigenvalue weighted by Gasteiger charge is 2.22. The number of nitrogens with zero attached hydrogens (tertiary/aromatic N) is 3. The topological polar surface area (TPSA) is 47.3 Å². The Hall–Kier alpha value is -1.71. The minimum Gasteiger partial charge on any atom is -0.296 e. The SMILES string of the molecule is O=Cc1cccc2nnc(C3CCCC3)n12. The van der Waals surface area contributed by atoms with Crippen LogP contribution in [0.3, 0.4) is 0 Å². The fourth-order valence-electron chi connectivity index (χ4n) is 2.53. The summed E-state index contributed by atoms with van der Waals surface area (Å²) in [5.41, 5.74) is 1.41. The van der Waals surface area contributed by atoms with E-state index in [1.54, 1.807) is 0 Å². The van der Waals surface area contributed by atoms with Crippen molar-refractivity contribution in [3.8, 4) is 0 Å². The molecular weight excluding hydrogens is 202 g/mol. The van der Waals surface area contributed by atoms with Crippen LogP contribution >= 0.6 is 0 Å². The summed E-state index contributed by atoms with van der Waals surface area (Å²) in [6.07, 6.45) is 5.70. The second-order valence-electron chi connectivity index (χ2n) is 4.30. The van der Waals surface area contributed by atoms with Crippen LogP contribution < -0.4 is 0 Å². The zero-order valence-electron chi connectivity index (χ0n) is 8.97. The molecule has 0 aliphatic heterocycles. The Balaban J connectivity index is 2.20. The molecule has 16 heavy (non-hydrogen) atoms. The molecule has 0 spiro atoms. The molecular formula is C12H13N3O. The largest absolute Gasteiger partial charge is 0.296 e. The van der Waals surface area contributed by atoms with Crippen molar-refractivity contribution in [2.45, 2.75) is 31.6 Å². The molecule has 1 aliphatic carbocycles. The molecule has 82 valence electrons. The molecule has 1 aliphatic rings. The number of carbonyl (C=O) groups is 1. The molecule has 0 N–H and O–H groups in total. The van der Waals surface area contributed by atoms with Crippen molar-refractivity contribution in [2.75, 3.05) is 0 Å². The quantitative estimate of drug-likeness (QED) is 0.721. The van der Waals surface area contributed by atoms with E-state index >= 15 is 0 Å². The van der Waals surface area contributed by atoms with E-state index in [0.29, 0.717) is 11.6 Å². The molecule has 4 nitrogen and oxygen atoms in total. The first-order valence-electron chi connectivity index (χ1n) is 5.69. The van der Waals surface area contributed by atoms with Crippen LogP contribution in [0.4, 0.5) is 0 Å². The molecule has 0 unspecified atom stereocenters. The van der Waals surface area contributed by atoms with Gasteiger partial charge in [-0.05, 0) is 25.0 Å². The maximum absolute atomic E-state index is 11.0. The molecule has 0 atom stereocenters. The number of fused-ring (bicyclic) bond motifs is 1. The highest BCUT2D eigenvalue weighted by molar-refractivity contribution is 5.74. The van der Waals surface area contributed by atoms with Gasteiger partial charge in [0, 0.05) is 5.92 Å². The molecule has 1 fully saturated rings. The van der Waals surface area contributed by atoms with Crippen LogP contribution in [0.5, 0.6) is 0 Å². The van der Waals surface area contributed by atoms with Gasteiger partial charge in [0.05, 0.1) is 5.69 Å². The van der Waals surface area contributed by atoms with Gasteiger partial charge in [0.25, 0.3) is 0 Å². The first-order valence-corrected chi connectivity index (χ1v) is 5.69. The summed E-state index contributed by atoms with van der Waals surface area (Å²) in [6, 6.07) is 5.53. The number of hydrogen-bond acceptors (Lipinski definition) is 3. The number of aldehydes is 1. The lowest BCUT2D eigenvalue weighted by Crippen LogP contribution is -2.04. The molecule has 2 aromatic rings. The lowest BCUT2D eigenvalue weighted by Gasteiger charge is -2.07. The lowest BCUT2D eigenvalue weighted by molar-refractivity contribution is 0.111. The summed E-state index contributed by atoms with van der Waals surface area (Å²) >= 11 is 0. The van der Waals surface area contributed by atoms with Gasteiger partial charge >= 0.3 is 0 Å². The van der Waals surface area contributed by atoms with Crippen LogP contribution in [-0.4, -0.2) is 20.9 Å². The monoisotopic (exact) mass is 215 g/mol. The van der Waals surface area contributed by atoms with Crippen LogP contribution in [0.15, 0.2) is 18.2 Å². The van der Waals surface area contributed by atoms with Crippen molar-refractivity contribution >= 4 is 11.9 Å². The van der Waals surface area contributed by atoms with Crippen LogP contribution in [0.2, 0.25) is 0 Å². The average Bonchev–Trinajstić information content (AvgIpc) is 2.96. The second-order valence-corrected chi connectivity index (χ2v) is 4.30. The van der Waals surface area contributed by atoms with E-state index in [9.17, 15) is 4.79 Å². The van der Waals surface area contributed by atoms with Crippen LogP contribution in [-0.2, 0) is 0 Å². The van der Waals surface area contributed by atoms with Crippen LogP contribution in [0.25, 0.3) is 5.65 Å². The van der Waals surface area contributed by atoms with Gasteiger partial charge in [-0.25, -0.2) is 0 Å². The molecule has 0 radical (unpaired) electrons. The summed E-state index contributed by atoms with van der Waals surface area (Å²) < 4.78 is 1.89. The minimum atomic E-state index is 0.469. The van der Waals surface area contributed by atoms with Crippen molar-refractivity contribution < 1.29 is 4.79 Å². The highest BCUT2D eigenvalue weighted by atomic mass is 16.1. The minimum absolute atomic E-state index is 0.469. The van der Waals surface area contributed by atoms with Crippen molar-refractivity contribution in [1.29, 1.82) is 0 Å². The summed E-state index contributed by atoms with van der Waals surface area (Å²) in [4.78, 5) is 11.0. The number of pyridine rings is 1. The Kier molecular flexibility index (Phi) is 2.20. The summed E-state index contributed by atoms with van der Waals surface area (Å²) in [5, 5.41) is 8.37. The van der Waals surface area contributed by atoms with Crippen LogP contribution in [0.1, 0.15) is 47.9 Å². The molecule has 0 amide bonds. The van der Waals surface area contributed by atoms with Gasteiger partial charge in [-0.1, -0.05) is 18.9 Å². The first-order chi connectivity index (χ1) is 7.90. The Bertz CT molecular complexity index is 526. The third-order valence-corrected chi connectivity index (χ3v) is 3.32. The highest BCUT2D eigenvalue weighted by Crippen LogP contribution is 2.33. The fourth-order valence-corrected chi connectivity index (χ4v) is 2.53. The first kappa shape index (κ1) is 9.51. The van der Waals surface area contributed by atoms with E-state index in [1.807, 2.05) is 22.6 Å². The third-order valence-electron chi connectivity index (χ3n) is 3.32. The van der Waals surface area contributed by atoms with Gasteiger partial charge in [-0.2, -0.15) is 0 Å². The number of carbonyl (C=O) groups excluding carboxylic acids is 1. The molecule has 1 saturated carbocycles. The van der Waals surface area contributed by atoms with E-state index in [0.717, 1.165) is 30.6 Å². The standard InChI is InChI=1S/C12H13N3O/c16-8-10-6-3-7-11-13-14-12(15(10)11)9-4-1-2-5-9/h3,6-9H,1-2,4-5H2. The van der Waals surface area contributed by atoms with Gasteiger partial charge in [-0.3, -0.25) is 9.20 Å². The van der Waals surface area contributed by atoms with Crippen molar-refractivity contribution in [3.05, 3.63) is 29.7 Å². The van der Waals surface area contributed by atoms with Gasteiger partial charge in [0.1, 0.15) is 5.82 Å². The predicted molar refractivity (Wildman–Crippen MR) is 59.6 cm³/mol. The fraction of sp³-hybridized carbons (Fsp3) is 0.417. The molecule has 0 saturated heterocycles. The van der Waals surface area contributed by atoms with E-state index in [4.69, 9.17) is 0 Å². The summed E-state index contributed by atoms with van der Waals surface area (Å²) in [6.45, 7) is 0. The number of rotatable bonds is 2. The Morgan fingerprint density at radius 1 is 1.25 bits per heavy atom. The van der Waals surface area contributed by atoms with Gasteiger partial charge in [-0.15, -0.1) is 10.2 Å². The van der Waals surface area contributed by atoms with Gasteiger partial charge in [0.15, 0.2) is 11.9 Å². The Morgan fingerprint density at radius 3 is 2.81 bits per heavy atom. The third kappa shape index (κ3) is 1.33. The van der Waals surface area contributed by atoms with E-state index in [1.165, 1.54) is 12.8 Å². The van der Waals surface area contributed by atoms with Gasteiger partial charge in [0.2, 0.25) is 0 Å². The maximum Gasteiger partial charge on any atom is 0.166 e. The molecule has 2 aromatic heterocycles. The lowest BCUT2D eigenvalue weighted by atomic mass is 10.1. The van der Waals surface area contributed by atoms with Crippen LogP contribution in [0, 0.1) is 0 Å². The Labute approximate surface area is 93.3 Å². The van der Waals surface area contributed by atoms with Crippen molar-refractivity contribution in [1.82, 2.24) is 14.6 Å². The van der Waals surface area contributed by atoms with E-state index in [2.05, 4.69) is 10.2 Å². The van der Waals surface area contributed by atoms with Crippen molar-refractivity contribution in [2.24, 2.45) is 0 Å².